The third kappa shape index (κ3) is 4.99. The number of ether oxygens (including phenoxy) is 1. The molecule has 0 radical (unpaired) electrons. The molecule has 0 aliphatic heterocycles. The van der Waals surface area contributed by atoms with Gasteiger partial charge < -0.3 is 10.1 Å². The first-order valence-electron chi connectivity index (χ1n) is 6.53. The number of amides is 1. The average molecular weight is 283 g/mol. The van der Waals surface area contributed by atoms with Gasteiger partial charge in [0.1, 0.15) is 5.75 Å². The molecule has 0 aromatic heterocycles. The van der Waals surface area contributed by atoms with Gasteiger partial charge in [0.05, 0.1) is 19.9 Å². The highest BCUT2D eigenvalue weighted by Crippen LogP contribution is 2.14. The number of benzene rings is 2. The third-order valence-electron chi connectivity index (χ3n) is 2.75. The fourth-order valence-electron chi connectivity index (χ4n) is 1.65. The van der Waals surface area contributed by atoms with Crippen molar-refractivity contribution in [2.75, 3.05) is 19.0 Å². The highest BCUT2D eigenvalue weighted by atomic mass is 16.5. The molecule has 2 aromatic carbocycles. The van der Waals surface area contributed by atoms with Crippen molar-refractivity contribution < 1.29 is 9.53 Å². The van der Waals surface area contributed by atoms with Crippen LogP contribution in [0.1, 0.15) is 5.56 Å². The number of anilines is 1. The maximum atomic E-state index is 11.6. The smallest absolute Gasteiger partial charge is 0.259 e. The van der Waals surface area contributed by atoms with Gasteiger partial charge in [-0.2, -0.15) is 5.10 Å². The zero-order valence-electron chi connectivity index (χ0n) is 11.7. The Morgan fingerprint density at radius 2 is 1.86 bits per heavy atom. The van der Waals surface area contributed by atoms with Crippen LogP contribution in [0.4, 0.5) is 5.69 Å². The van der Waals surface area contributed by atoms with E-state index >= 15 is 0 Å². The third-order valence-corrected chi connectivity index (χ3v) is 2.75. The molecule has 1 amide bonds. The molecule has 0 heterocycles. The normalized spacial score (nSPS) is 10.3. The monoisotopic (exact) mass is 283 g/mol. The molecule has 0 aliphatic carbocycles. The van der Waals surface area contributed by atoms with Gasteiger partial charge in [0.15, 0.2) is 0 Å². The fraction of sp³-hybridized carbons (Fsp3) is 0.125. The Hall–Kier alpha value is -2.82. The molecule has 0 unspecified atom stereocenters. The minimum absolute atomic E-state index is 0.151. The van der Waals surface area contributed by atoms with Crippen LogP contribution in [0.2, 0.25) is 0 Å². The van der Waals surface area contributed by atoms with Gasteiger partial charge in [0.2, 0.25) is 0 Å². The van der Waals surface area contributed by atoms with Crippen LogP contribution in [0.5, 0.6) is 5.75 Å². The highest BCUT2D eigenvalue weighted by molar-refractivity contribution is 5.84. The molecular weight excluding hydrogens is 266 g/mol. The van der Waals surface area contributed by atoms with Crippen molar-refractivity contribution >= 4 is 17.8 Å². The molecule has 0 fully saturated rings. The Bertz CT molecular complexity index is 595. The van der Waals surface area contributed by atoms with Crippen molar-refractivity contribution in [3.63, 3.8) is 0 Å². The Kier molecular flexibility index (Phi) is 5.34. The fourth-order valence-corrected chi connectivity index (χ4v) is 1.65. The molecule has 0 bridgehead atoms. The number of carbonyl (C=O) groups excluding carboxylic acids is 1. The molecular formula is C16H17N3O2. The summed E-state index contributed by atoms with van der Waals surface area (Å²) >= 11 is 0. The van der Waals surface area contributed by atoms with E-state index in [1.807, 2.05) is 54.6 Å². The van der Waals surface area contributed by atoms with E-state index < -0.39 is 0 Å². The van der Waals surface area contributed by atoms with Crippen LogP contribution in [0.15, 0.2) is 59.7 Å². The quantitative estimate of drug-likeness (QED) is 0.631. The summed E-state index contributed by atoms with van der Waals surface area (Å²) in [4.78, 5) is 11.6. The van der Waals surface area contributed by atoms with Gasteiger partial charge in [-0.1, -0.05) is 30.3 Å². The van der Waals surface area contributed by atoms with Crippen LogP contribution in [0.25, 0.3) is 0 Å². The first-order chi connectivity index (χ1) is 10.3. The minimum Gasteiger partial charge on any atom is -0.497 e. The summed E-state index contributed by atoms with van der Waals surface area (Å²) in [5, 5.41) is 6.90. The lowest BCUT2D eigenvalue weighted by atomic mass is 10.2. The van der Waals surface area contributed by atoms with E-state index in [9.17, 15) is 4.79 Å². The molecule has 21 heavy (non-hydrogen) atoms. The molecule has 0 atom stereocenters. The van der Waals surface area contributed by atoms with E-state index in [1.165, 1.54) is 0 Å². The number of nitrogens with zero attached hydrogens (tertiary/aromatic N) is 1. The topological polar surface area (TPSA) is 62.7 Å². The molecule has 0 spiro atoms. The van der Waals surface area contributed by atoms with E-state index in [-0.39, 0.29) is 12.5 Å². The van der Waals surface area contributed by atoms with E-state index in [0.29, 0.717) is 0 Å². The Labute approximate surface area is 123 Å². The molecule has 5 heteroatoms. The number of hydrazone groups is 1. The molecule has 5 nitrogen and oxygen atoms in total. The number of nitrogens with one attached hydrogen (secondary N) is 2. The van der Waals surface area contributed by atoms with Gasteiger partial charge in [-0.15, -0.1) is 0 Å². The standard InChI is InChI=1S/C16H17N3O2/c1-21-15-9-7-14(8-10-15)17-12-16(20)19-18-11-13-5-3-2-4-6-13/h2-11,17H,12H2,1H3,(H,19,20)/b18-11+. The van der Waals surface area contributed by atoms with Crippen LogP contribution < -0.4 is 15.5 Å². The number of hydrogen-bond acceptors (Lipinski definition) is 4. The van der Waals surface area contributed by atoms with Crippen LogP contribution >= 0.6 is 0 Å². The molecule has 0 aliphatic rings. The van der Waals surface area contributed by atoms with Crippen molar-refractivity contribution in [1.29, 1.82) is 0 Å². The Balaban J connectivity index is 1.75. The summed E-state index contributed by atoms with van der Waals surface area (Å²) < 4.78 is 5.06. The summed E-state index contributed by atoms with van der Waals surface area (Å²) in [7, 11) is 1.61. The molecule has 0 saturated heterocycles. The second-order valence-electron chi connectivity index (χ2n) is 4.29. The van der Waals surface area contributed by atoms with Gasteiger partial charge in [0, 0.05) is 5.69 Å². The maximum absolute atomic E-state index is 11.6. The van der Waals surface area contributed by atoms with Crippen molar-refractivity contribution in [3.8, 4) is 5.75 Å². The summed E-state index contributed by atoms with van der Waals surface area (Å²) in [5.74, 6) is 0.565. The Morgan fingerprint density at radius 1 is 1.14 bits per heavy atom. The zero-order chi connectivity index (χ0) is 14.9. The van der Waals surface area contributed by atoms with Crippen molar-refractivity contribution in [2.45, 2.75) is 0 Å². The number of carbonyl (C=O) groups is 1. The lowest BCUT2D eigenvalue weighted by Gasteiger charge is -2.06. The van der Waals surface area contributed by atoms with Gasteiger partial charge in [-0.3, -0.25) is 4.79 Å². The van der Waals surface area contributed by atoms with Crippen LogP contribution in [-0.2, 0) is 4.79 Å². The van der Waals surface area contributed by atoms with Crippen LogP contribution in [0, 0.1) is 0 Å². The van der Waals surface area contributed by atoms with E-state index in [0.717, 1.165) is 17.0 Å². The second-order valence-corrected chi connectivity index (χ2v) is 4.29. The largest absolute Gasteiger partial charge is 0.497 e. The lowest BCUT2D eigenvalue weighted by molar-refractivity contribution is -0.119. The van der Waals surface area contributed by atoms with E-state index in [2.05, 4.69) is 15.8 Å². The zero-order valence-corrected chi connectivity index (χ0v) is 11.7. The summed E-state index contributed by atoms with van der Waals surface area (Å²) in [6.07, 6.45) is 1.60. The summed E-state index contributed by atoms with van der Waals surface area (Å²) in [6, 6.07) is 16.9. The predicted octanol–water partition coefficient (Wildman–Crippen LogP) is 2.26. The summed E-state index contributed by atoms with van der Waals surface area (Å²) in [6.45, 7) is 0.151. The minimum atomic E-state index is -0.210. The highest BCUT2D eigenvalue weighted by Gasteiger charge is 1.99. The molecule has 108 valence electrons. The molecule has 2 rings (SSSR count). The van der Waals surface area contributed by atoms with Gasteiger partial charge >= 0.3 is 0 Å². The van der Waals surface area contributed by atoms with E-state index in [1.54, 1.807) is 13.3 Å². The number of rotatable bonds is 6. The van der Waals surface area contributed by atoms with Crippen LogP contribution in [-0.4, -0.2) is 25.8 Å². The molecule has 2 N–H and O–H groups in total. The van der Waals surface area contributed by atoms with Gasteiger partial charge in [-0.25, -0.2) is 5.43 Å². The molecule has 0 saturated carbocycles. The van der Waals surface area contributed by atoms with Gasteiger partial charge in [-0.05, 0) is 29.8 Å². The van der Waals surface area contributed by atoms with Crippen molar-refractivity contribution in [1.82, 2.24) is 5.43 Å². The number of hydrogen-bond donors (Lipinski definition) is 2. The lowest BCUT2D eigenvalue weighted by Crippen LogP contribution is -2.25. The van der Waals surface area contributed by atoms with Crippen LogP contribution in [0.3, 0.4) is 0 Å². The summed E-state index contributed by atoms with van der Waals surface area (Å²) in [5.41, 5.74) is 4.24. The first kappa shape index (κ1) is 14.6. The second kappa shape index (κ2) is 7.69. The number of methoxy groups -OCH3 is 1. The Morgan fingerprint density at radius 3 is 2.52 bits per heavy atom. The molecule has 2 aromatic rings. The average Bonchev–Trinajstić information content (AvgIpc) is 2.54. The van der Waals surface area contributed by atoms with E-state index in [4.69, 9.17) is 4.74 Å². The first-order valence-corrected chi connectivity index (χ1v) is 6.53. The van der Waals surface area contributed by atoms with Crippen molar-refractivity contribution in [3.05, 3.63) is 60.2 Å². The van der Waals surface area contributed by atoms with Crippen molar-refractivity contribution in [2.24, 2.45) is 5.10 Å². The predicted molar refractivity (Wildman–Crippen MR) is 83.7 cm³/mol. The SMILES string of the molecule is COc1ccc(NCC(=O)N/N=C/c2ccccc2)cc1. The van der Waals surface area contributed by atoms with Gasteiger partial charge in [0.25, 0.3) is 5.91 Å². The maximum Gasteiger partial charge on any atom is 0.259 e.